The van der Waals surface area contributed by atoms with Gasteiger partial charge in [0.15, 0.2) is 6.29 Å². The first-order valence-corrected chi connectivity index (χ1v) is 8.29. The lowest BCUT2D eigenvalue weighted by Gasteiger charge is -2.40. The van der Waals surface area contributed by atoms with Gasteiger partial charge >= 0.3 is 5.63 Å². The molecule has 0 aliphatic carbocycles. The number of fused-ring (bicyclic) bond motifs is 1. The SMILES string of the molecule is O=c1oc2cc(NC3[C@@H](O)OC(CO)[C@H](O)[C@H]3O)ccc2cc1I. The Kier molecular flexibility index (Phi) is 5.08. The van der Waals surface area contributed by atoms with Crippen molar-refractivity contribution in [3.05, 3.63) is 38.3 Å². The molecule has 1 saturated heterocycles. The molecule has 24 heavy (non-hydrogen) atoms. The predicted molar refractivity (Wildman–Crippen MR) is 92.6 cm³/mol. The van der Waals surface area contributed by atoms with Crippen LogP contribution in [0.1, 0.15) is 0 Å². The van der Waals surface area contributed by atoms with Crippen LogP contribution < -0.4 is 10.9 Å². The number of rotatable bonds is 3. The Morgan fingerprint density at radius 3 is 2.62 bits per heavy atom. The summed E-state index contributed by atoms with van der Waals surface area (Å²) in [7, 11) is 0. The van der Waals surface area contributed by atoms with Gasteiger partial charge in [-0.25, -0.2) is 4.79 Å². The monoisotopic (exact) mass is 449 g/mol. The lowest BCUT2D eigenvalue weighted by atomic mass is 9.97. The van der Waals surface area contributed by atoms with Gasteiger partial charge in [-0.1, -0.05) is 0 Å². The van der Waals surface area contributed by atoms with E-state index in [1.165, 1.54) is 0 Å². The highest BCUT2D eigenvalue weighted by atomic mass is 127. The van der Waals surface area contributed by atoms with Crippen molar-refractivity contribution in [1.29, 1.82) is 0 Å². The molecule has 0 saturated carbocycles. The van der Waals surface area contributed by atoms with Crippen LogP contribution in [0.3, 0.4) is 0 Å². The standard InChI is InChI=1S/C15H16INO7/c16-8-3-6-1-2-7(4-9(6)23-14(8)21)17-11-13(20)12(19)10(5-18)24-15(11)22/h1-4,10-13,15,17-20,22H,5H2/t10?,11?,12-,13-,15-/m0/s1. The van der Waals surface area contributed by atoms with Crippen molar-refractivity contribution in [3.63, 3.8) is 0 Å². The number of halogens is 1. The quantitative estimate of drug-likeness (QED) is 0.316. The molecule has 5 N–H and O–H groups in total. The number of aliphatic hydroxyl groups is 4. The third-order valence-corrected chi connectivity index (χ3v) is 4.68. The molecule has 2 heterocycles. The van der Waals surface area contributed by atoms with Crippen LogP contribution in [0.4, 0.5) is 5.69 Å². The van der Waals surface area contributed by atoms with E-state index >= 15 is 0 Å². The fourth-order valence-electron chi connectivity index (χ4n) is 2.62. The van der Waals surface area contributed by atoms with Crippen molar-refractivity contribution in [2.24, 2.45) is 0 Å². The largest absolute Gasteiger partial charge is 0.422 e. The molecule has 0 amide bonds. The summed E-state index contributed by atoms with van der Waals surface area (Å²) in [4.78, 5) is 11.6. The fraction of sp³-hybridized carbons (Fsp3) is 0.400. The van der Waals surface area contributed by atoms with Gasteiger partial charge < -0.3 is 34.9 Å². The van der Waals surface area contributed by atoms with Crippen LogP contribution >= 0.6 is 22.6 Å². The predicted octanol–water partition coefficient (Wildman–Crippen LogP) is -0.391. The van der Waals surface area contributed by atoms with Crippen molar-refractivity contribution in [2.45, 2.75) is 30.6 Å². The third-order valence-electron chi connectivity index (χ3n) is 3.93. The first-order valence-electron chi connectivity index (χ1n) is 7.21. The summed E-state index contributed by atoms with van der Waals surface area (Å²) in [6.07, 6.45) is -5.20. The molecule has 0 spiro atoms. The summed E-state index contributed by atoms with van der Waals surface area (Å²) in [5, 5.41) is 42.6. The molecule has 1 fully saturated rings. The minimum Gasteiger partial charge on any atom is -0.422 e. The number of benzene rings is 1. The Morgan fingerprint density at radius 2 is 1.92 bits per heavy atom. The Bertz CT molecular complexity index is 795. The molecule has 9 heteroatoms. The first-order chi connectivity index (χ1) is 11.4. The molecule has 5 atom stereocenters. The normalized spacial score (nSPS) is 30.5. The Balaban J connectivity index is 1.86. The van der Waals surface area contributed by atoms with Gasteiger partial charge in [-0.15, -0.1) is 0 Å². The van der Waals surface area contributed by atoms with Crippen LogP contribution in [0.15, 0.2) is 33.5 Å². The molecule has 2 aromatic rings. The number of hydrogen-bond donors (Lipinski definition) is 5. The number of hydrogen-bond acceptors (Lipinski definition) is 8. The van der Waals surface area contributed by atoms with E-state index in [4.69, 9.17) is 14.3 Å². The summed E-state index contributed by atoms with van der Waals surface area (Å²) in [5.74, 6) is 0. The maximum atomic E-state index is 11.6. The van der Waals surface area contributed by atoms with Crippen molar-refractivity contribution >= 4 is 39.2 Å². The van der Waals surface area contributed by atoms with Crippen LogP contribution in [0, 0.1) is 3.57 Å². The zero-order chi connectivity index (χ0) is 17.4. The van der Waals surface area contributed by atoms with Gasteiger partial charge in [-0.05, 0) is 40.8 Å². The average Bonchev–Trinajstić information content (AvgIpc) is 2.56. The van der Waals surface area contributed by atoms with Crippen LogP contribution in [-0.2, 0) is 4.74 Å². The summed E-state index contributed by atoms with van der Waals surface area (Å²) in [6.45, 7) is -0.526. The molecule has 1 aromatic heterocycles. The molecule has 0 bridgehead atoms. The molecule has 1 aromatic carbocycles. The molecule has 1 aliphatic rings. The van der Waals surface area contributed by atoms with Crippen molar-refractivity contribution in [1.82, 2.24) is 0 Å². The highest BCUT2D eigenvalue weighted by molar-refractivity contribution is 14.1. The van der Waals surface area contributed by atoms with Crippen LogP contribution in [0.25, 0.3) is 11.0 Å². The van der Waals surface area contributed by atoms with Gasteiger partial charge in [0.2, 0.25) is 0 Å². The lowest BCUT2D eigenvalue weighted by molar-refractivity contribution is -0.245. The van der Waals surface area contributed by atoms with Crippen molar-refractivity contribution in [2.75, 3.05) is 11.9 Å². The van der Waals surface area contributed by atoms with E-state index in [2.05, 4.69) is 5.32 Å². The number of ether oxygens (including phenoxy) is 1. The zero-order valence-electron chi connectivity index (χ0n) is 12.3. The van der Waals surface area contributed by atoms with E-state index in [0.29, 0.717) is 14.8 Å². The van der Waals surface area contributed by atoms with Gasteiger partial charge in [-0.2, -0.15) is 0 Å². The average molecular weight is 449 g/mol. The number of aliphatic hydroxyl groups excluding tert-OH is 4. The Labute approximate surface area is 149 Å². The topological polar surface area (TPSA) is 132 Å². The molecule has 0 radical (unpaired) electrons. The highest BCUT2D eigenvalue weighted by Crippen LogP contribution is 2.25. The minimum absolute atomic E-state index is 0.347. The van der Waals surface area contributed by atoms with Crippen LogP contribution in [-0.4, -0.2) is 57.7 Å². The number of anilines is 1. The molecular weight excluding hydrogens is 433 g/mol. The minimum atomic E-state index is -1.43. The molecule has 1 aliphatic heterocycles. The summed E-state index contributed by atoms with van der Waals surface area (Å²) in [6, 6.07) is 5.63. The zero-order valence-corrected chi connectivity index (χ0v) is 14.5. The lowest BCUT2D eigenvalue weighted by Crippen LogP contribution is -2.61. The maximum Gasteiger partial charge on any atom is 0.349 e. The highest BCUT2D eigenvalue weighted by Gasteiger charge is 2.43. The van der Waals surface area contributed by atoms with Gasteiger partial charge in [-0.3, -0.25) is 0 Å². The van der Waals surface area contributed by atoms with Gasteiger partial charge in [0.05, 0.1) is 10.2 Å². The number of nitrogens with one attached hydrogen (secondary N) is 1. The van der Waals surface area contributed by atoms with E-state index in [0.717, 1.165) is 5.39 Å². The fourth-order valence-corrected chi connectivity index (χ4v) is 3.07. The van der Waals surface area contributed by atoms with E-state index in [-0.39, 0.29) is 0 Å². The summed E-state index contributed by atoms with van der Waals surface area (Å²) < 4.78 is 10.7. The second-order valence-corrected chi connectivity index (χ2v) is 6.70. The Hall–Kier alpha value is -1.24. The van der Waals surface area contributed by atoms with Crippen LogP contribution in [0.2, 0.25) is 0 Å². The van der Waals surface area contributed by atoms with E-state index in [9.17, 15) is 20.1 Å². The van der Waals surface area contributed by atoms with Crippen molar-refractivity contribution < 1.29 is 29.6 Å². The molecule has 3 rings (SSSR count). The Morgan fingerprint density at radius 1 is 1.17 bits per heavy atom. The molecular formula is C15H16INO7. The summed E-state index contributed by atoms with van der Waals surface area (Å²) in [5.41, 5.74) is 0.357. The third kappa shape index (κ3) is 3.27. The van der Waals surface area contributed by atoms with E-state index in [1.807, 2.05) is 22.6 Å². The molecule has 2 unspecified atom stereocenters. The molecule has 130 valence electrons. The smallest absolute Gasteiger partial charge is 0.349 e. The van der Waals surface area contributed by atoms with E-state index < -0.39 is 42.9 Å². The van der Waals surface area contributed by atoms with Gasteiger partial charge in [0, 0.05) is 17.1 Å². The van der Waals surface area contributed by atoms with Gasteiger partial charge in [0.1, 0.15) is 29.9 Å². The summed E-state index contributed by atoms with van der Waals surface area (Å²) >= 11 is 1.89. The maximum absolute atomic E-state index is 11.6. The van der Waals surface area contributed by atoms with Crippen molar-refractivity contribution in [3.8, 4) is 0 Å². The van der Waals surface area contributed by atoms with Crippen LogP contribution in [0.5, 0.6) is 0 Å². The second kappa shape index (κ2) is 6.94. The first kappa shape index (κ1) is 17.6. The molecule has 8 nitrogen and oxygen atoms in total. The van der Waals surface area contributed by atoms with E-state index in [1.54, 1.807) is 24.3 Å². The second-order valence-electron chi connectivity index (χ2n) is 5.53. The van der Waals surface area contributed by atoms with Gasteiger partial charge in [0.25, 0.3) is 0 Å².